The largest absolute Gasteiger partial charge is 0.324 e. The van der Waals surface area contributed by atoms with Crippen molar-refractivity contribution in [3.05, 3.63) is 74.3 Å². The number of nitro benzene ring substituents is 1. The summed E-state index contributed by atoms with van der Waals surface area (Å²) < 4.78 is 0. The van der Waals surface area contributed by atoms with E-state index in [-0.39, 0.29) is 11.7 Å². The molecule has 1 unspecified atom stereocenters. The first-order chi connectivity index (χ1) is 9.49. The fourth-order valence-electron chi connectivity index (χ4n) is 2.15. The van der Waals surface area contributed by atoms with Crippen LogP contribution in [0, 0.1) is 17.0 Å². The van der Waals surface area contributed by atoms with Gasteiger partial charge >= 0.3 is 0 Å². The fraction of sp³-hybridized carbons (Fsp3) is 0.200. The van der Waals surface area contributed by atoms with Crippen molar-refractivity contribution in [2.24, 2.45) is 5.73 Å². The number of hydrogen-bond donors (Lipinski definition) is 1. The van der Waals surface area contributed by atoms with Crippen molar-refractivity contribution in [3.8, 4) is 0 Å². The molecule has 5 heteroatoms. The second-order valence-electron chi connectivity index (χ2n) is 4.70. The lowest BCUT2D eigenvalue weighted by molar-refractivity contribution is -0.384. The summed E-state index contributed by atoms with van der Waals surface area (Å²) >= 11 is 6.11. The quantitative estimate of drug-likeness (QED) is 0.688. The Bertz CT molecular complexity index is 644. The van der Waals surface area contributed by atoms with Gasteiger partial charge in [-0.1, -0.05) is 35.9 Å². The van der Waals surface area contributed by atoms with Gasteiger partial charge in [0.1, 0.15) is 0 Å². The minimum absolute atomic E-state index is 0.0557. The third kappa shape index (κ3) is 3.15. The molecule has 2 rings (SSSR count). The van der Waals surface area contributed by atoms with Crippen molar-refractivity contribution in [1.29, 1.82) is 0 Å². The van der Waals surface area contributed by atoms with E-state index in [4.69, 9.17) is 17.3 Å². The average Bonchev–Trinajstić information content (AvgIpc) is 2.41. The maximum atomic E-state index is 10.8. The van der Waals surface area contributed by atoms with E-state index in [1.807, 2.05) is 31.2 Å². The SMILES string of the molecule is Cc1ccc([N+](=O)[O-])cc1C(N)Cc1ccccc1Cl. The summed E-state index contributed by atoms with van der Waals surface area (Å²) in [5, 5.41) is 11.5. The van der Waals surface area contributed by atoms with Crippen LogP contribution in [0.3, 0.4) is 0 Å². The molecular formula is C15H15ClN2O2. The number of nitro groups is 1. The van der Waals surface area contributed by atoms with E-state index in [2.05, 4.69) is 0 Å². The number of non-ortho nitro benzene ring substituents is 1. The first-order valence-corrected chi connectivity index (χ1v) is 6.60. The molecule has 0 radical (unpaired) electrons. The zero-order chi connectivity index (χ0) is 14.7. The molecule has 0 saturated heterocycles. The van der Waals surface area contributed by atoms with Gasteiger partial charge < -0.3 is 5.73 Å². The second-order valence-corrected chi connectivity index (χ2v) is 5.11. The summed E-state index contributed by atoms with van der Waals surface area (Å²) in [7, 11) is 0. The van der Waals surface area contributed by atoms with E-state index < -0.39 is 4.92 Å². The van der Waals surface area contributed by atoms with Crippen molar-refractivity contribution >= 4 is 17.3 Å². The van der Waals surface area contributed by atoms with E-state index in [0.29, 0.717) is 11.4 Å². The number of nitrogens with two attached hydrogens (primary N) is 1. The molecule has 2 aromatic rings. The van der Waals surface area contributed by atoms with Gasteiger partial charge in [0.25, 0.3) is 5.69 Å². The van der Waals surface area contributed by atoms with Crippen LogP contribution >= 0.6 is 11.6 Å². The first kappa shape index (κ1) is 14.5. The van der Waals surface area contributed by atoms with Crippen LogP contribution in [0.25, 0.3) is 0 Å². The van der Waals surface area contributed by atoms with Crippen molar-refractivity contribution in [2.75, 3.05) is 0 Å². The molecule has 20 heavy (non-hydrogen) atoms. The topological polar surface area (TPSA) is 69.2 Å². The second kappa shape index (κ2) is 6.03. The molecule has 2 aromatic carbocycles. The van der Waals surface area contributed by atoms with E-state index in [1.54, 1.807) is 6.07 Å². The van der Waals surface area contributed by atoms with Crippen LogP contribution in [0.1, 0.15) is 22.7 Å². The molecule has 2 N–H and O–H groups in total. The molecule has 0 heterocycles. The van der Waals surface area contributed by atoms with Crippen molar-refractivity contribution in [3.63, 3.8) is 0 Å². The zero-order valence-electron chi connectivity index (χ0n) is 11.0. The number of rotatable bonds is 4. The molecule has 0 aliphatic rings. The highest BCUT2D eigenvalue weighted by atomic mass is 35.5. The molecule has 0 aliphatic carbocycles. The van der Waals surface area contributed by atoms with E-state index in [0.717, 1.165) is 16.7 Å². The summed E-state index contributed by atoms with van der Waals surface area (Å²) in [4.78, 5) is 10.4. The van der Waals surface area contributed by atoms with Crippen LogP contribution in [0.5, 0.6) is 0 Å². The highest BCUT2D eigenvalue weighted by Gasteiger charge is 2.15. The fourth-order valence-corrected chi connectivity index (χ4v) is 2.36. The maximum absolute atomic E-state index is 10.8. The number of halogens is 1. The van der Waals surface area contributed by atoms with Crippen LogP contribution < -0.4 is 5.73 Å². The zero-order valence-corrected chi connectivity index (χ0v) is 11.8. The molecule has 0 spiro atoms. The normalized spacial score (nSPS) is 12.2. The van der Waals surface area contributed by atoms with E-state index in [9.17, 15) is 10.1 Å². The van der Waals surface area contributed by atoms with Crippen LogP contribution in [0.15, 0.2) is 42.5 Å². The third-order valence-electron chi connectivity index (χ3n) is 3.27. The Morgan fingerprint density at radius 3 is 2.65 bits per heavy atom. The smallest absolute Gasteiger partial charge is 0.269 e. The predicted molar refractivity (Wildman–Crippen MR) is 79.9 cm³/mol. The number of aryl methyl sites for hydroxylation is 1. The van der Waals surface area contributed by atoms with Gasteiger partial charge in [0.2, 0.25) is 0 Å². The molecule has 104 valence electrons. The lowest BCUT2D eigenvalue weighted by atomic mass is 9.95. The van der Waals surface area contributed by atoms with Crippen LogP contribution in [-0.2, 0) is 6.42 Å². The number of nitrogens with zero attached hydrogens (tertiary/aromatic N) is 1. The van der Waals surface area contributed by atoms with Crippen LogP contribution in [-0.4, -0.2) is 4.92 Å². The van der Waals surface area contributed by atoms with E-state index >= 15 is 0 Å². The van der Waals surface area contributed by atoms with Crippen LogP contribution in [0.4, 0.5) is 5.69 Å². The lowest BCUT2D eigenvalue weighted by Gasteiger charge is -2.15. The molecule has 0 aliphatic heterocycles. The number of benzene rings is 2. The van der Waals surface area contributed by atoms with Crippen molar-refractivity contribution in [1.82, 2.24) is 0 Å². The maximum Gasteiger partial charge on any atom is 0.269 e. The highest BCUT2D eigenvalue weighted by molar-refractivity contribution is 6.31. The first-order valence-electron chi connectivity index (χ1n) is 6.23. The Morgan fingerprint density at radius 1 is 1.30 bits per heavy atom. The predicted octanol–water partition coefficient (Wildman–Crippen LogP) is 3.80. The van der Waals surface area contributed by atoms with Crippen molar-refractivity contribution in [2.45, 2.75) is 19.4 Å². The Labute approximate surface area is 122 Å². The minimum Gasteiger partial charge on any atom is -0.324 e. The summed E-state index contributed by atoms with van der Waals surface area (Å²) in [6, 6.07) is 11.9. The molecule has 0 fully saturated rings. The van der Waals surface area contributed by atoms with Crippen molar-refractivity contribution < 1.29 is 4.92 Å². The molecule has 1 atom stereocenters. The molecule has 0 amide bonds. The standard InChI is InChI=1S/C15H15ClN2O2/c1-10-6-7-12(18(19)20)9-13(10)15(17)8-11-4-2-3-5-14(11)16/h2-7,9,15H,8,17H2,1H3. The summed E-state index contributed by atoms with van der Waals surface area (Å²) in [5.41, 5.74) is 8.89. The minimum atomic E-state index is -0.412. The van der Waals surface area contributed by atoms with Gasteiger partial charge in [0, 0.05) is 23.2 Å². The van der Waals surface area contributed by atoms with Gasteiger partial charge in [-0.15, -0.1) is 0 Å². The van der Waals surface area contributed by atoms with E-state index in [1.165, 1.54) is 12.1 Å². The highest BCUT2D eigenvalue weighted by Crippen LogP contribution is 2.26. The van der Waals surface area contributed by atoms with Gasteiger partial charge in [0.15, 0.2) is 0 Å². The average molecular weight is 291 g/mol. The lowest BCUT2D eigenvalue weighted by Crippen LogP contribution is -2.15. The molecule has 0 bridgehead atoms. The monoisotopic (exact) mass is 290 g/mol. The van der Waals surface area contributed by atoms with Gasteiger partial charge in [0.05, 0.1) is 4.92 Å². The summed E-state index contributed by atoms with van der Waals surface area (Å²) in [6.45, 7) is 1.89. The Morgan fingerprint density at radius 2 is 2.00 bits per heavy atom. The molecule has 0 saturated carbocycles. The van der Waals surface area contributed by atoms with Crippen LogP contribution in [0.2, 0.25) is 5.02 Å². The third-order valence-corrected chi connectivity index (χ3v) is 3.64. The van der Waals surface area contributed by atoms with Gasteiger partial charge in [-0.2, -0.15) is 0 Å². The van der Waals surface area contributed by atoms with Gasteiger partial charge in [-0.3, -0.25) is 10.1 Å². The molecular weight excluding hydrogens is 276 g/mol. The molecule has 4 nitrogen and oxygen atoms in total. The van der Waals surface area contributed by atoms with Gasteiger partial charge in [-0.25, -0.2) is 0 Å². The Balaban J connectivity index is 2.29. The number of hydrogen-bond acceptors (Lipinski definition) is 3. The summed E-state index contributed by atoms with van der Waals surface area (Å²) in [5.74, 6) is 0. The van der Waals surface area contributed by atoms with Gasteiger partial charge in [-0.05, 0) is 36.1 Å². The Hall–Kier alpha value is -1.91. The molecule has 0 aromatic heterocycles. The summed E-state index contributed by atoms with van der Waals surface area (Å²) in [6.07, 6.45) is 0.543. The Kier molecular flexibility index (Phi) is 4.37.